The van der Waals surface area contributed by atoms with Crippen LogP contribution in [0.25, 0.3) is 11.3 Å². The lowest BCUT2D eigenvalue weighted by Crippen LogP contribution is -2.33. The Balaban J connectivity index is 2.23. The number of hydrogen-bond acceptors (Lipinski definition) is 5. The van der Waals surface area contributed by atoms with E-state index in [1.54, 1.807) is 12.1 Å². The number of hydrogen-bond donors (Lipinski definition) is 1. The molecule has 136 valence electrons. The van der Waals surface area contributed by atoms with Crippen molar-refractivity contribution in [2.75, 3.05) is 18.8 Å². The summed E-state index contributed by atoms with van der Waals surface area (Å²) in [6.07, 6.45) is 1.81. The van der Waals surface area contributed by atoms with Crippen molar-refractivity contribution in [3.05, 3.63) is 46.2 Å². The lowest BCUT2D eigenvalue weighted by molar-refractivity contribution is -0.128. The van der Waals surface area contributed by atoms with E-state index in [0.29, 0.717) is 16.4 Å². The van der Waals surface area contributed by atoms with Gasteiger partial charge < -0.3 is 9.88 Å². The van der Waals surface area contributed by atoms with Gasteiger partial charge in [-0.15, -0.1) is 0 Å². The van der Waals surface area contributed by atoms with Gasteiger partial charge in [-0.1, -0.05) is 55.9 Å². The smallest absolute Gasteiger partial charge is 0.270 e. The molecule has 7 heteroatoms. The first-order valence-corrected chi connectivity index (χ1v) is 9.59. The van der Waals surface area contributed by atoms with E-state index >= 15 is 0 Å². The largest absolute Gasteiger partial charge is 0.342 e. The van der Waals surface area contributed by atoms with Crippen LogP contribution in [0, 0.1) is 11.3 Å². The minimum Gasteiger partial charge on any atom is -0.342 e. The molecule has 2 rings (SSSR count). The van der Waals surface area contributed by atoms with Crippen molar-refractivity contribution in [1.29, 1.82) is 5.26 Å². The fourth-order valence-corrected chi connectivity index (χ4v) is 3.32. The van der Waals surface area contributed by atoms with Gasteiger partial charge in [0.2, 0.25) is 5.91 Å². The molecule has 1 aromatic heterocycles. The summed E-state index contributed by atoms with van der Waals surface area (Å²) >= 11 is 1.18. The molecule has 6 nitrogen and oxygen atoms in total. The number of aromatic amines is 1. The first-order chi connectivity index (χ1) is 12.6. The number of benzene rings is 1. The maximum absolute atomic E-state index is 12.4. The highest BCUT2D eigenvalue weighted by Crippen LogP contribution is 2.21. The van der Waals surface area contributed by atoms with E-state index in [1.165, 1.54) is 11.8 Å². The quantitative estimate of drug-likeness (QED) is 0.570. The third-order valence-electron chi connectivity index (χ3n) is 3.73. The molecule has 0 atom stereocenters. The first-order valence-electron chi connectivity index (χ1n) is 8.61. The van der Waals surface area contributed by atoms with E-state index in [4.69, 9.17) is 0 Å². The summed E-state index contributed by atoms with van der Waals surface area (Å²) in [6.45, 7) is 5.52. The van der Waals surface area contributed by atoms with Gasteiger partial charge in [-0.25, -0.2) is 4.98 Å². The van der Waals surface area contributed by atoms with Crippen molar-refractivity contribution in [2.24, 2.45) is 0 Å². The Morgan fingerprint density at radius 3 is 2.46 bits per heavy atom. The van der Waals surface area contributed by atoms with Crippen molar-refractivity contribution >= 4 is 17.7 Å². The van der Waals surface area contributed by atoms with Crippen molar-refractivity contribution in [3.63, 3.8) is 0 Å². The Hall–Kier alpha value is -2.59. The third-order valence-corrected chi connectivity index (χ3v) is 4.59. The van der Waals surface area contributed by atoms with Crippen LogP contribution < -0.4 is 5.56 Å². The molecular formula is C19H22N4O2S. The summed E-state index contributed by atoms with van der Waals surface area (Å²) in [4.78, 5) is 33.5. The van der Waals surface area contributed by atoms with Crippen LogP contribution in [0.4, 0.5) is 0 Å². The lowest BCUT2D eigenvalue weighted by atomic mass is 10.1. The molecule has 0 unspecified atom stereocenters. The predicted octanol–water partition coefficient (Wildman–Crippen LogP) is 3.05. The molecule has 0 fully saturated rings. The van der Waals surface area contributed by atoms with Gasteiger partial charge in [0.15, 0.2) is 5.16 Å². The zero-order chi connectivity index (χ0) is 18.9. The maximum atomic E-state index is 12.4. The van der Waals surface area contributed by atoms with Crippen LogP contribution in [0.5, 0.6) is 0 Å². The number of carbonyl (C=O) groups is 1. The zero-order valence-corrected chi connectivity index (χ0v) is 15.8. The summed E-state index contributed by atoms with van der Waals surface area (Å²) in [5.74, 6) is 0.218. The molecule has 0 bridgehead atoms. The molecule has 1 N–H and O–H groups in total. The van der Waals surface area contributed by atoms with Crippen LogP contribution in [-0.4, -0.2) is 39.6 Å². The number of rotatable bonds is 8. The second-order valence-electron chi connectivity index (χ2n) is 5.74. The van der Waals surface area contributed by atoms with E-state index in [2.05, 4.69) is 9.97 Å². The Morgan fingerprint density at radius 2 is 1.88 bits per heavy atom. The molecule has 0 saturated heterocycles. The fourth-order valence-electron chi connectivity index (χ4n) is 2.55. The summed E-state index contributed by atoms with van der Waals surface area (Å²) in [7, 11) is 0. The SMILES string of the molecule is CCCN(CCC)C(=O)CSc1nc(-c2ccccc2)c(C#N)c(=O)[nH]1. The predicted molar refractivity (Wildman–Crippen MR) is 103 cm³/mol. The normalized spacial score (nSPS) is 10.3. The van der Waals surface area contributed by atoms with Gasteiger partial charge in [-0.3, -0.25) is 9.59 Å². The average Bonchev–Trinajstić information content (AvgIpc) is 2.66. The molecular weight excluding hydrogens is 348 g/mol. The van der Waals surface area contributed by atoms with E-state index in [0.717, 1.165) is 25.9 Å². The van der Waals surface area contributed by atoms with Crippen LogP contribution in [0.2, 0.25) is 0 Å². The van der Waals surface area contributed by atoms with E-state index in [-0.39, 0.29) is 17.2 Å². The van der Waals surface area contributed by atoms with Crippen molar-refractivity contribution in [3.8, 4) is 17.3 Å². The Kier molecular flexibility index (Phi) is 7.42. The molecule has 0 radical (unpaired) electrons. The van der Waals surface area contributed by atoms with Gasteiger partial charge in [0.05, 0.1) is 11.4 Å². The lowest BCUT2D eigenvalue weighted by Gasteiger charge is -2.21. The molecule has 0 saturated carbocycles. The second kappa shape index (κ2) is 9.78. The van der Waals surface area contributed by atoms with Crippen molar-refractivity contribution in [2.45, 2.75) is 31.8 Å². The Morgan fingerprint density at radius 1 is 1.23 bits per heavy atom. The van der Waals surface area contributed by atoms with Crippen LogP contribution in [0.1, 0.15) is 32.3 Å². The summed E-state index contributed by atoms with van der Waals surface area (Å²) < 4.78 is 0. The van der Waals surface area contributed by atoms with Gasteiger partial charge in [0.25, 0.3) is 5.56 Å². The molecule has 0 aliphatic rings. The zero-order valence-electron chi connectivity index (χ0n) is 15.0. The number of amides is 1. The van der Waals surface area contributed by atoms with E-state index < -0.39 is 5.56 Å². The van der Waals surface area contributed by atoms with Gasteiger partial charge >= 0.3 is 0 Å². The molecule has 0 aliphatic carbocycles. The number of H-pyrrole nitrogens is 1. The third kappa shape index (κ3) is 4.96. The van der Waals surface area contributed by atoms with Crippen LogP contribution in [0.15, 0.2) is 40.3 Å². The summed E-state index contributed by atoms with van der Waals surface area (Å²) in [6, 6.07) is 11.0. The summed E-state index contributed by atoms with van der Waals surface area (Å²) in [5, 5.41) is 9.62. The van der Waals surface area contributed by atoms with Crippen LogP contribution in [-0.2, 0) is 4.79 Å². The topological polar surface area (TPSA) is 89.8 Å². The molecule has 1 heterocycles. The molecule has 0 aliphatic heterocycles. The maximum Gasteiger partial charge on any atom is 0.270 e. The monoisotopic (exact) mass is 370 g/mol. The number of carbonyl (C=O) groups excluding carboxylic acids is 1. The van der Waals surface area contributed by atoms with Gasteiger partial charge in [-0.2, -0.15) is 5.26 Å². The molecule has 2 aromatic rings. The van der Waals surface area contributed by atoms with Crippen LogP contribution in [0.3, 0.4) is 0 Å². The standard InChI is InChI=1S/C19H22N4O2S/c1-3-10-23(11-4-2)16(24)13-26-19-21-17(14-8-6-5-7-9-14)15(12-20)18(25)22-19/h5-9H,3-4,10-11,13H2,1-2H3,(H,21,22,25). The first kappa shape index (κ1) is 19.7. The average molecular weight is 370 g/mol. The van der Waals surface area contributed by atoms with Gasteiger partial charge in [0.1, 0.15) is 11.6 Å². The van der Waals surface area contributed by atoms with Crippen molar-refractivity contribution in [1.82, 2.24) is 14.9 Å². The molecule has 1 aromatic carbocycles. The van der Waals surface area contributed by atoms with E-state index in [9.17, 15) is 14.9 Å². The number of nitriles is 1. The van der Waals surface area contributed by atoms with Gasteiger partial charge in [0, 0.05) is 18.7 Å². The molecule has 1 amide bonds. The number of nitrogens with one attached hydrogen (secondary N) is 1. The Labute approximate surface area is 157 Å². The Bertz CT molecular complexity index is 837. The minimum absolute atomic E-state index is 0.0203. The van der Waals surface area contributed by atoms with Crippen molar-refractivity contribution < 1.29 is 4.79 Å². The highest BCUT2D eigenvalue weighted by Gasteiger charge is 2.16. The minimum atomic E-state index is -0.490. The fraction of sp³-hybridized carbons (Fsp3) is 0.368. The van der Waals surface area contributed by atoms with Crippen LogP contribution >= 0.6 is 11.8 Å². The molecule has 26 heavy (non-hydrogen) atoms. The summed E-state index contributed by atoms with van der Waals surface area (Å²) in [5.41, 5.74) is 0.522. The van der Waals surface area contributed by atoms with E-state index in [1.807, 2.05) is 43.0 Å². The van der Waals surface area contributed by atoms with Gasteiger partial charge in [-0.05, 0) is 12.8 Å². The highest BCUT2D eigenvalue weighted by molar-refractivity contribution is 7.99. The number of thioether (sulfide) groups is 1. The number of aromatic nitrogens is 2. The number of nitrogens with zero attached hydrogens (tertiary/aromatic N) is 3. The molecule has 0 spiro atoms. The second-order valence-corrected chi connectivity index (χ2v) is 6.71. The highest BCUT2D eigenvalue weighted by atomic mass is 32.2.